The molecule has 0 atom stereocenters. The molecule has 6 nitrogen and oxygen atoms in total. The minimum absolute atomic E-state index is 0.00835. The summed E-state index contributed by atoms with van der Waals surface area (Å²) >= 11 is 0. The van der Waals surface area contributed by atoms with Crippen molar-refractivity contribution in [2.24, 2.45) is 0 Å². The summed E-state index contributed by atoms with van der Waals surface area (Å²) < 4.78 is 6.70. The van der Waals surface area contributed by atoms with E-state index in [-0.39, 0.29) is 24.3 Å². The van der Waals surface area contributed by atoms with Crippen molar-refractivity contribution < 1.29 is 19.1 Å². The topological polar surface area (TPSA) is 68.6 Å². The molecule has 0 aliphatic heterocycles. The fourth-order valence-corrected chi connectivity index (χ4v) is 3.79. The Morgan fingerprint density at radius 1 is 1.14 bits per heavy atom. The van der Waals surface area contributed by atoms with E-state index in [0.717, 1.165) is 18.5 Å². The quantitative estimate of drug-likeness (QED) is 0.544. The first-order valence-electron chi connectivity index (χ1n) is 9.57. The molecule has 28 heavy (non-hydrogen) atoms. The Kier molecular flexibility index (Phi) is 5.68. The smallest absolute Gasteiger partial charge is 0.354 e. The molecule has 0 N–H and O–H groups in total. The normalized spacial score (nSPS) is 13.3. The van der Waals surface area contributed by atoms with E-state index in [4.69, 9.17) is 4.74 Å². The van der Waals surface area contributed by atoms with Gasteiger partial charge in [-0.25, -0.2) is 4.79 Å². The number of ketones is 1. The summed E-state index contributed by atoms with van der Waals surface area (Å²) in [5, 5.41) is 0. The first-order chi connectivity index (χ1) is 13.4. The van der Waals surface area contributed by atoms with E-state index >= 15 is 0 Å². The lowest BCUT2D eigenvalue weighted by Gasteiger charge is -2.22. The number of aromatic nitrogens is 1. The van der Waals surface area contributed by atoms with Crippen LogP contribution in [0.4, 0.5) is 0 Å². The zero-order valence-electron chi connectivity index (χ0n) is 16.8. The highest BCUT2D eigenvalue weighted by atomic mass is 16.5. The summed E-state index contributed by atoms with van der Waals surface area (Å²) in [6.07, 6.45) is 1.82. The lowest BCUT2D eigenvalue weighted by Crippen LogP contribution is -2.37. The fourth-order valence-electron chi connectivity index (χ4n) is 3.79. The average molecular weight is 382 g/mol. The molecule has 1 aliphatic carbocycles. The highest BCUT2D eigenvalue weighted by Crippen LogP contribution is 2.30. The van der Waals surface area contributed by atoms with Crippen LogP contribution in [0.1, 0.15) is 62.2 Å². The van der Waals surface area contributed by atoms with E-state index in [1.54, 1.807) is 28.5 Å². The number of amides is 1. The summed E-state index contributed by atoms with van der Waals surface area (Å²) in [5.74, 6) is -0.737. The Balaban J connectivity index is 1.92. The summed E-state index contributed by atoms with van der Waals surface area (Å²) in [7, 11) is 1.33. The van der Waals surface area contributed by atoms with Gasteiger partial charge in [0.2, 0.25) is 0 Å². The van der Waals surface area contributed by atoms with Crippen LogP contribution in [0, 0.1) is 13.8 Å². The molecule has 1 heterocycles. The monoisotopic (exact) mass is 382 g/mol. The molecule has 0 bridgehead atoms. The molecule has 2 aromatic rings. The lowest BCUT2D eigenvalue weighted by molar-refractivity contribution is 0.0587. The zero-order chi connectivity index (χ0) is 20.4. The molecule has 0 spiro atoms. The van der Waals surface area contributed by atoms with Gasteiger partial charge in [-0.2, -0.15) is 0 Å². The maximum absolute atomic E-state index is 13.2. The van der Waals surface area contributed by atoms with E-state index in [1.807, 2.05) is 32.0 Å². The van der Waals surface area contributed by atoms with E-state index in [2.05, 4.69) is 0 Å². The van der Waals surface area contributed by atoms with Crippen LogP contribution in [0.25, 0.3) is 0 Å². The highest BCUT2D eigenvalue weighted by molar-refractivity contribution is 6.06. The summed E-state index contributed by atoms with van der Waals surface area (Å²) in [4.78, 5) is 40.0. The predicted octanol–water partition coefficient (Wildman–Crippen LogP) is 3.40. The average Bonchev–Trinajstić information content (AvgIpc) is 3.50. The molecule has 148 valence electrons. The molecule has 0 radical (unpaired) electrons. The Hall–Kier alpha value is -2.89. The number of hydrogen-bond donors (Lipinski definition) is 0. The number of rotatable bonds is 7. The number of nitrogens with zero attached hydrogens (tertiary/aromatic N) is 2. The number of Topliss-reactive ketones (excluding diaryl/α,β-unsaturated/α-hetero) is 1. The zero-order valence-corrected chi connectivity index (χ0v) is 16.8. The number of methoxy groups -OCH3 is 1. The molecule has 1 amide bonds. The van der Waals surface area contributed by atoms with Crippen LogP contribution in [0.15, 0.2) is 30.3 Å². The molecule has 1 aliphatic rings. The number of carbonyl (C=O) groups excluding carboxylic acids is 3. The van der Waals surface area contributed by atoms with E-state index in [1.165, 1.54) is 7.11 Å². The Labute approximate surface area is 165 Å². The SMILES string of the molecule is CCn1c(C)c(C(=O)CN(C(=O)c2ccccc2)C2CC2)c(C)c1C(=O)OC. The van der Waals surface area contributed by atoms with Gasteiger partial charge in [-0.1, -0.05) is 18.2 Å². The summed E-state index contributed by atoms with van der Waals surface area (Å²) in [6, 6.07) is 9.13. The van der Waals surface area contributed by atoms with Gasteiger partial charge in [-0.3, -0.25) is 9.59 Å². The Morgan fingerprint density at radius 3 is 2.32 bits per heavy atom. The van der Waals surface area contributed by atoms with Crippen molar-refractivity contribution in [3.8, 4) is 0 Å². The van der Waals surface area contributed by atoms with Crippen LogP contribution in [-0.2, 0) is 11.3 Å². The maximum atomic E-state index is 13.2. The van der Waals surface area contributed by atoms with E-state index < -0.39 is 5.97 Å². The number of carbonyl (C=O) groups is 3. The van der Waals surface area contributed by atoms with Crippen molar-refractivity contribution in [3.05, 3.63) is 58.4 Å². The summed E-state index contributed by atoms with van der Waals surface area (Å²) in [6.45, 7) is 6.08. The second kappa shape index (κ2) is 8.00. The van der Waals surface area contributed by atoms with Gasteiger partial charge in [0.05, 0.1) is 13.7 Å². The van der Waals surface area contributed by atoms with Crippen molar-refractivity contribution in [1.29, 1.82) is 0 Å². The van der Waals surface area contributed by atoms with Crippen molar-refractivity contribution >= 4 is 17.7 Å². The molecule has 1 aromatic heterocycles. The van der Waals surface area contributed by atoms with E-state index in [0.29, 0.717) is 28.9 Å². The van der Waals surface area contributed by atoms with Crippen LogP contribution in [0.3, 0.4) is 0 Å². The molecule has 6 heteroatoms. The number of esters is 1. The van der Waals surface area contributed by atoms with Crippen LogP contribution < -0.4 is 0 Å². The van der Waals surface area contributed by atoms with Crippen molar-refractivity contribution in [1.82, 2.24) is 9.47 Å². The second-order valence-corrected chi connectivity index (χ2v) is 7.12. The Morgan fingerprint density at radius 2 is 1.79 bits per heavy atom. The number of hydrogen-bond acceptors (Lipinski definition) is 4. The second-order valence-electron chi connectivity index (χ2n) is 7.12. The highest BCUT2D eigenvalue weighted by Gasteiger charge is 2.36. The van der Waals surface area contributed by atoms with Gasteiger partial charge in [0.15, 0.2) is 5.78 Å². The third-order valence-corrected chi connectivity index (χ3v) is 5.32. The van der Waals surface area contributed by atoms with Crippen molar-refractivity contribution in [3.63, 3.8) is 0 Å². The number of benzene rings is 1. The molecule has 1 aromatic carbocycles. The van der Waals surface area contributed by atoms with Crippen molar-refractivity contribution in [2.45, 2.75) is 46.2 Å². The van der Waals surface area contributed by atoms with Gasteiger partial charge >= 0.3 is 5.97 Å². The fraction of sp³-hybridized carbons (Fsp3) is 0.409. The van der Waals surface area contributed by atoms with Gasteiger partial charge in [-0.05, 0) is 51.3 Å². The lowest BCUT2D eigenvalue weighted by atomic mass is 10.0. The van der Waals surface area contributed by atoms with Crippen LogP contribution in [0.2, 0.25) is 0 Å². The number of ether oxygens (including phenoxy) is 1. The maximum Gasteiger partial charge on any atom is 0.354 e. The van der Waals surface area contributed by atoms with Crippen LogP contribution in [-0.4, -0.2) is 46.8 Å². The first-order valence-corrected chi connectivity index (χ1v) is 9.57. The largest absolute Gasteiger partial charge is 0.464 e. The minimum atomic E-state index is -0.457. The molecular weight excluding hydrogens is 356 g/mol. The van der Waals surface area contributed by atoms with Gasteiger partial charge in [0.1, 0.15) is 5.69 Å². The third-order valence-electron chi connectivity index (χ3n) is 5.32. The first kappa shape index (κ1) is 19.9. The standard InChI is InChI=1S/C22H26N2O4/c1-5-23-15(3)19(14(2)20(23)22(27)28-4)18(25)13-24(17-11-12-17)21(26)16-9-7-6-8-10-16/h6-10,17H,5,11-13H2,1-4H3. The minimum Gasteiger partial charge on any atom is -0.464 e. The molecule has 0 unspecified atom stereocenters. The summed E-state index contributed by atoms with van der Waals surface area (Å²) in [5.41, 5.74) is 2.83. The predicted molar refractivity (Wildman–Crippen MR) is 106 cm³/mol. The molecule has 1 fully saturated rings. The molecular formula is C22H26N2O4. The van der Waals surface area contributed by atoms with Crippen LogP contribution in [0.5, 0.6) is 0 Å². The Bertz CT molecular complexity index is 910. The molecule has 3 rings (SSSR count). The van der Waals surface area contributed by atoms with Gasteiger partial charge in [0, 0.05) is 29.4 Å². The van der Waals surface area contributed by atoms with Crippen LogP contribution >= 0.6 is 0 Å². The van der Waals surface area contributed by atoms with Gasteiger partial charge in [0.25, 0.3) is 5.91 Å². The van der Waals surface area contributed by atoms with E-state index in [9.17, 15) is 14.4 Å². The third kappa shape index (κ3) is 3.59. The molecule has 1 saturated carbocycles. The van der Waals surface area contributed by atoms with Gasteiger partial charge < -0.3 is 14.2 Å². The van der Waals surface area contributed by atoms with Crippen molar-refractivity contribution in [2.75, 3.05) is 13.7 Å². The van der Waals surface area contributed by atoms with Gasteiger partial charge in [-0.15, -0.1) is 0 Å². The molecule has 0 saturated heterocycles.